The molecule has 3 heteroatoms. The normalized spacial score (nSPS) is 17.7. The van der Waals surface area contributed by atoms with Crippen molar-refractivity contribution in [2.75, 3.05) is 38.0 Å². The molecule has 1 aliphatic rings. The van der Waals surface area contributed by atoms with Crippen LogP contribution >= 0.6 is 0 Å². The third kappa shape index (κ3) is 3.72. The first-order valence-corrected chi connectivity index (χ1v) is 6.93. The number of rotatable bonds is 5. The van der Waals surface area contributed by atoms with Gasteiger partial charge in [0.1, 0.15) is 0 Å². The lowest BCUT2D eigenvalue weighted by Crippen LogP contribution is -2.53. The monoisotopic (exact) mass is 247 g/mol. The summed E-state index contributed by atoms with van der Waals surface area (Å²) >= 11 is 0. The van der Waals surface area contributed by atoms with Crippen LogP contribution in [0.25, 0.3) is 0 Å². The lowest BCUT2D eigenvalue weighted by Gasteiger charge is -2.41. The molecule has 0 bridgehead atoms. The zero-order valence-electron chi connectivity index (χ0n) is 11.6. The van der Waals surface area contributed by atoms with Crippen LogP contribution in [0.1, 0.15) is 20.3 Å². The maximum atomic E-state index is 3.50. The predicted molar refractivity (Wildman–Crippen MR) is 78.1 cm³/mol. The molecule has 1 aliphatic heterocycles. The lowest BCUT2D eigenvalue weighted by molar-refractivity contribution is 0.0987. The minimum atomic E-state index is 0.282. The van der Waals surface area contributed by atoms with Crippen LogP contribution in [0.4, 0.5) is 5.69 Å². The van der Waals surface area contributed by atoms with Crippen LogP contribution in [-0.4, -0.2) is 43.2 Å². The molecule has 2 rings (SSSR count). The summed E-state index contributed by atoms with van der Waals surface area (Å²) in [6.45, 7) is 10.3. The molecule has 1 heterocycles. The summed E-state index contributed by atoms with van der Waals surface area (Å²) in [5.41, 5.74) is 1.50. The fraction of sp³-hybridized carbons (Fsp3) is 0.600. The summed E-state index contributed by atoms with van der Waals surface area (Å²) < 4.78 is 0. The van der Waals surface area contributed by atoms with Gasteiger partial charge in [-0.05, 0) is 32.4 Å². The molecule has 1 aromatic carbocycles. The fourth-order valence-electron chi connectivity index (χ4n) is 2.50. The number of nitrogens with one attached hydrogen (secondary N) is 2. The summed E-state index contributed by atoms with van der Waals surface area (Å²) in [6, 6.07) is 10.4. The van der Waals surface area contributed by atoms with Gasteiger partial charge in [0, 0.05) is 44.0 Å². The van der Waals surface area contributed by atoms with Crippen LogP contribution in [0.3, 0.4) is 0 Å². The van der Waals surface area contributed by atoms with Crippen LogP contribution in [0, 0.1) is 0 Å². The van der Waals surface area contributed by atoms with Crippen molar-refractivity contribution in [3.8, 4) is 0 Å². The van der Waals surface area contributed by atoms with Crippen LogP contribution in [0.2, 0.25) is 0 Å². The van der Waals surface area contributed by atoms with Gasteiger partial charge < -0.3 is 10.6 Å². The topological polar surface area (TPSA) is 27.3 Å². The van der Waals surface area contributed by atoms with E-state index >= 15 is 0 Å². The van der Waals surface area contributed by atoms with Gasteiger partial charge >= 0.3 is 0 Å². The van der Waals surface area contributed by atoms with Gasteiger partial charge in [-0.2, -0.15) is 0 Å². The van der Waals surface area contributed by atoms with Gasteiger partial charge in [0.05, 0.1) is 0 Å². The zero-order valence-corrected chi connectivity index (χ0v) is 11.6. The van der Waals surface area contributed by atoms with E-state index in [0.29, 0.717) is 0 Å². The van der Waals surface area contributed by atoms with Crippen LogP contribution in [-0.2, 0) is 0 Å². The Kier molecular flexibility index (Phi) is 4.61. The Morgan fingerprint density at radius 3 is 2.50 bits per heavy atom. The van der Waals surface area contributed by atoms with E-state index < -0.39 is 0 Å². The molecule has 1 saturated heterocycles. The Balaban J connectivity index is 1.77. The number of benzene rings is 1. The minimum absolute atomic E-state index is 0.282. The highest BCUT2D eigenvalue weighted by Gasteiger charge is 2.26. The summed E-state index contributed by atoms with van der Waals surface area (Å²) in [5.74, 6) is 0. The molecule has 0 unspecified atom stereocenters. The average molecular weight is 247 g/mol. The Hall–Kier alpha value is -1.06. The highest BCUT2D eigenvalue weighted by Crippen LogP contribution is 2.19. The van der Waals surface area contributed by atoms with Crippen LogP contribution in [0.15, 0.2) is 30.3 Å². The summed E-state index contributed by atoms with van der Waals surface area (Å²) in [4.78, 5) is 2.59. The van der Waals surface area contributed by atoms with E-state index in [1.165, 1.54) is 25.2 Å². The molecule has 0 aromatic heterocycles. The van der Waals surface area contributed by atoms with E-state index in [1.807, 2.05) is 0 Å². The Labute approximate surface area is 111 Å². The zero-order chi connectivity index (χ0) is 12.8. The van der Waals surface area contributed by atoms with Crippen LogP contribution in [0.5, 0.6) is 0 Å². The maximum absolute atomic E-state index is 3.50. The minimum Gasteiger partial charge on any atom is -0.385 e. The van der Waals surface area contributed by atoms with Gasteiger partial charge in [0.2, 0.25) is 0 Å². The van der Waals surface area contributed by atoms with E-state index in [2.05, 4.69) is 59.7 Å². The predicted octanol–water partition coefficient (Wildman–Crippen LogP) is 2.17. The third-order valence-electron chi connectivity index (χ3n) is 3.81. The van der Waals surface area contributed by atoms with Crippen LogP contribution < -0.4 is 10.6 Å². The van der Waals surface area contributed by atoms with Gasteiger partial charge in [-0.25, -0.2) is 0 Å². The van der Waals surface area contributed by atoms with Gasteiger partial charge in [-0.1, -0.05) is 18.2 Å². The molecule has 1 aromatic rings. The molecule has 18 heavy (non-hydrogen) atoms. The maximum Gasteiger partial charge on any atom is 0.0340 e. The molecule has 100 valence electrons. The van der Waals surface area contributed by atoms with Crippen molar-refractivity contribution >= 4 is 5.69 Å². The molecule has 0 saturated carbocycles. The van der Waals surface area contributed by atoms with Crippen molar-refractivity contribution in [2.45, 2.75) is 25.8 Å². The SMILES string of the molecule is CC(C)(CCNc1ccccc1)N1CCNCC1. The molecular weight excluding hydrogens is 222 g/mol. The molecular formula is C15H25N3. The molecule has 3 nitrogen and oxygen atoms in total. The Morgan fingerprint density at radius 2 is 1.83 bits per heavy atom. The average Bonchev–Trinajstić information content (AvgIpc) is 2.41. The van der Waals surface area contributed by atoms with Crippen molar-refractivity contribution in [2.24, 2.45) is 0 Å². The van der Waals surface area contributed by atoms with Crippen molar-refractivity contribution in [1.29, 1.82) is 0 Å². The molecule has 2 N–H and O–H groups in total. The highest BCUT2D eigenvalue weighted by molar-refractivity contribution is 5.42. The first kappa shape index (κ1) is 13.4. The quantitative estimate of drug-likeness (QED) is 0.835. The van der Waals surface area contributed by atoms with Gasteiger partial charge in [-0.3, -0.25) is 4.90 Å². The van der Waals surface area contributed by atoms with Gasteiger partial charge in [0.25, 0.3) is 0 Å². The van der Waals surface area contributed by atoms with E-state index in [9.17, 15) is 0 Å². The van der Waals surface area contributed by atoms with Gasteiger partial charge in [0.15, 0.2) is 0 Å². The number of piperazine rings is 1. The van der Waals surface area contributed by atoms with Gasteiger partial charge in [-0.15, -0.1) is 0 Å². The number of nitrogens with zero attached hydrogens (tertiary/aromatic N) is 1. The summed E-state index contributed by atoms with van der Waals surface area (Å²) in [5, 5.41) is 6.91. The van der Waals surface area contributed by atoms with E-state index in [-0.39, 0.29) is 5.54 Å². The Morgan fingerprint density at radius 1 is 1.17 bits per heavy atom. The van der Waals surface area contributed by atoms with Crippen molar-refractivity contribution in [3.63, 3.8) is 0 Å². The number of hydrogen-bond donors (Lipinski definition) is 2. The largest absolute Gasteiger partial charge is 0.385 e. The second kappa shape index (κ2) is 6.21. The first-order chi connectivity index (χ1) is 8.68. The Bertz CT molecular complexity index is 342. The summed E-state index contributed by atoms with van der Waals surface area (Å²) in [7, 11) is 0. The fourth-order valence-corrected chi connectivity index (χ4v) is 2.50. The molecule has 0 aliphatic carbocycles. The standard InChI is InChI=1S/C15H25N3/c1-15(2,18-12-10-16-11-13-18)8-9-17-14-6-4-3-5-7-14/h3-7,16-17H,8-13H2,1-2H3. The molecule has 1 fully saturated rings. The second-order valence-corrected chi connectivity index (χ2v) is 5.59. The van der Waals surface area contributed by atoms with E-state index in [0.717, 1.165) is 19.6 Å². The second-order valence-electron chi connectivity index (χ2n) is 5.59. The number of hydrogen-bond acceptors (Lipinski definition) is 3. The van der Waals surface area contributed by atoms with E-state index in [1.54, 1.807) is 0 Å². The first-order valence-electron chi connectivity index (χ1n) is 6.93. The number of para-hydroxylation sites is 1. The lowest BCUT2D eigenvalue weighted by atomic mass is 9.97. The van der Waals surface area contributed by atoms with Crippen molar-refractivity contribution in [3.05, 3.63) is 30.3 Å². The van der Waals surface area contributed by atoms with Crippen molar-refractivity contribution in [1.82, 2.24) is 10.2 Å². The molecule has 0 atom stereocenters. The third-order valence-corrected chi connectivity index (χ3v) is 3.81. The molecule has 0 amide bonds. The molecule has 0 spiro atoms. The van der Waals surface area contributed by atoms with Crippen molar-refractivity contribution < 1.29 is 0 Å². The highest BCUT2D eigenvalue weighted by atomic mass is 15.2. The van der Waals surface area contributed by atoms with E-state index in [4.69, 9.17) is 0 Å². The summed E-state index contributed by atoms with van der Waals surface area (Å²) in [6.07, 6.45) is 1.17. The number of anilines is 1. The smallest absolute Gasteiger partial charge is 0.0340 e. The molecule has 0 radical (unpaired) electrons.